The van der Waals surface area contributed by atoms with Crippen LogP contribution < -0.4 is 0 Å². The molecular formula is C16H20F2O2S. The summed E-state index contributed by atoms with van der Waals surface area (Å²) in [5, 5.41) is 0. The lowest BCUT2D eigenvalue weighted by atomic mass is 10.1. The Bertz CT molecular complexity index is 550. The number of rotatable bonds is 4. The Balaban J connectivity index is 2.44. The molecule has 0 saturated heterocycles. The summed E-state index contributed by atoms with van der Waals surface area (Å²) < 4.78 is 46.2. The molecule has 0 aromatic heterocycles. The molecular weight excluding hydrogens is 294 g/mol. The topological polar surface area (TPSA) is 26.3 Å². The fourth-order valence-electron chi connectivity index (χ4n) is 2.38. The summed E-state index contributed by atoms with van der Waals surface area (Å²) in [6.45, 7) is 3.75. The molecule has 116 valence electrons. The van der Waals surface area contributed by atoms with Crippen molar-refractivity contribution in [3.63, 3.8) is 0 Å². The molecule has 0 fully saturated rings. The third-order valence-corrected chi connectivity index (χ3v) is 5.02. The SMILES string of the molecule is CCOC1=C(S(=O)c2ccc(C)cc2)CCCCC1(F)F. The first kappa shape index (κ1) is 16.1. The minimum Gasteiger partial charge on any atom is -0.491 e. The van der Waals surface area contributed by atoms with Crippen LogP contribution in [-0.2, 0) is 15.5 Å². The second-order valence-corrected chi connectivity index (χ2v) is 6.68. The Morgan fingerprint density at radius 1 is 1.24 bits per heavy atom. The van der Waals surface area contributed by atoms with Crippen LogP contribution in [0.15, 0.2) is 39.8 Å². The lowest BCUT2D eigenvalue weighted by molar-refractivity contribution is -0.0265. The van der Waals surface area contributed by atoms with Crippen LogP contribution in [0, 0.1) is 6.92 Å². The fourth-order valence-corrected chi connectivity index (χ4v) is 3.75. The van der Waals surface area contributed by atoms with Crippen molar-refractivity contribution in [1.29, 1.82) is 0 Å². The molecule has 0 radical (unpaired) electrons. The van der Waals surface area contributed by atoms with Gasteiger partial charge in [-0.15, -0.1) is 0 Å². The maximum absolute atomic E-state index is 14.2. The zero-order valence-corrected chi connectivity index (χ0v) is 13.1. The van der Waals surface area contributed by atoms with Crippen LogP contribution in [0.25, 0.3) is 0 Å². The van der Waals surface area contributed by atoms with Gasteiger partial charge in [-0.3, -0.25) is 0 Å². The van der Waals surface area contributed by atoms with Gasteiger partial charge >= 0.3 is 5.92 Å². The standard InChI is InChI=1S/C16H20F2O2S/c1-3-20-15-14(6-4-5-11-16(15,17)18)21(19)13-9-7-12(2)8-10-13/h7-10H,3-6,11H2,1-2H3. The molecule has 0 bridgehead atoms. The molecule has 0 heterocycles. The predicted molar refractivity (Wildman–Crippen MR) is 79.7 cm³/mol. The Morgan fingerprint density at radius 3 is 2.52 bits per heavy atom. The first-order chi connectivity index (χ1) is 9.95. The van der Waals surface area contributed by atoms with Gasteiger partial charge in [-0.25, -0.2) is 4.21 Å². The van der Waals surface area contributed by atoms with Crippen molar-refractivity contribution in [2.75, 3.05) is 6.61 Å². The van der Waals surface area contributed by atoms with Crippen LogP contribution in [0.3, 0.4) is 0 Å². The molecule has 0 spiro atoms. The number of allylic oxidation sites excluding steroid dienone is 2. The van der Waals surface area contributed by atoms with E-state index in [1.165, 1.54) is 0 Å². The predicted octanol–water partition coefficient (Wildman–Crippen LogP) is 4.56. The zero-order valence-electron chi connectivity index (χ0n) is 12.3. The molecule has 1 aromatic carbocycles. The van der Waals surface area contributed by atoms with E-state index in [0.717, 1.165) is 5.56 Å². The molecule has 1 aliphatic rings. The quantitative estimate of drug-likeness (QED) is 0.814. The third kappa shape index (κ3) is 3.70. The van der Waals surface area contributed by atoms with E-state index < -0.39 is 16.7 Å². The largest absolute Gasteiger partial charge is 0.491 e. The number of hydrogen-bond donors (Lipinski definition) is 0. The van der Waals surface area contributed by atoms with Crippen LogP contribution in [0.5, 0.6) is 0 Å². The summed E-state index contributed by atoms with van der Waals surface area (Å²) in [5.74, 6) is -3.40. The molecule has 0 N–H and O–H groups in total. The summed E-state index contributed by atoms with van der Waals surface area (Å²) in [5.41, 5.74) is 1.04. The van der Waals surface area contributed by atoms with Gasteiger partial charge in [0.15, 0.2) is 5.76 Å². The summed E-state index contributed by atoms with van der Waals surface area (Å²) in [6.07, 6.45) is 1.18. The van der Waals surface area contributed by atoms with E-state index in [2.05, 4.69) is 0 Å². The molecule has 21 heavy (non-hydrogen) atoms. The first-order valence-electron chi connectivity index (χ1n) is 7.18. The van der Waals surface area contributed by atoms with Crippen molar-refractivity contribution < 1.29 is 17.7 Å². The van der Waals surface area contributed by atoms with E-state index in [4.69, 9.17) is 4.74 Å². The van der Waals surface area contributed by atoms with E-state index in [-0.39, 0.29) is 23.7 Å². The third-order valence-electron chi connectivity index (χ3n) is 3.48. The lowest BCUT2D eigenvalue weighted by Gasteiger charge is -2.20. The van der Waals surface area contributed by atoms with E-state index in [1.54, 1.807) is 19.1 Å². The average molecular weight is 314 g/mol. The van der Waals surface area contributed by atoms with E-state index in [0.29, 0.717) is 24.2 Å². The van der Waals surface area contributed by atoms with Crippen molar-refractivity contribution in [3.8, 4) is 0 Å². The monoisotopic (exact) mass is 314 g/mol. The average Bonchev–Trinajstić information content (AvgIpc) is 2.59. The van der Waals surface area contributed by atoms with Crippen LogP contribution in [0.4, 0.5) is 8.78 Å². The van der Waals surface area contributed by atoms with Crippen LogP contribution in [-0.4, -0.2) is 16.7 Å². The Morgan fingerprint density at radius 2 is 1.90 bits per heavy atom. The highest BCUT2D eigenvalue weighted by atomic mass is 32.2. The molecule has 5 heteroatoms. The van der Waals surface area contributed by atoms with Crippen molar-refractivity contribution in [2.45, 2.75) is 50.3 Å². The van der Waals surface area contributed by atoms with Crippen molar-refractivity contribution in [3.05, 3.63) is 40.5 Å². The lowest BCUT2D eigenvalue weighted by Crippen LogP contribution is -2.23. The summed E-state index contributed by atoms with van der Waals surface area (Å²) >= 11 is 0. The number of benzene rings is 1. The highest BCUT2D eigenvalue weighted by Gasteiger charge is 2.41. The summed E-state index contributed by atoms with van der Waals surface area (Å²) in [7, 11) is -1.59. The molecule has 1 atom stereocenters. The fraction of sp³-hybridized carbons (Fsp3) is 0.500. The number of alkyl halides is 2. The highest BCUT2D eigenvalue weighted by Crippen LogP contribution is 2.39. The first-order valence-corrected chi connectivity index (χ1v) is 8.33. The maximum atomic E-state index is 14.2. The van der Waals surface area contributed by atoms with Gasteiger partial charge in [0.25, 0.3) is 0 Å². The molecule has 0 saturated carbocycles. The van der Waals surface area contributed by atoms with Gasteiger partial charge < -0.3 is 4.74 Å². The van der Waals surface area contributed by atoms with Crippen molar-refractivity contribution in [2.24, 2.45) is 0 Å². The summed E-state index contributed by atoms with van der Waals surface area (Å²) in [6, 6.07) is 7.13. The Hall–Kier alpha value is -1.23. The zero-order chi connectivity index (χ0) is 15.5. The number of halogens is 2. The van der Waals surface area contributed by atoms with Gasteiger partial charge in [-0.2, -0.15) is 8.78 Å². The Labute approximate surface area is 126 Å². The number of ether oxygens (including phenoxy) is 1. The minimum absolute atomic E-state index is 0.152. The molecule has 0 amide bonds. The smallest absolute Gasteiger partial charge is 0.304 e. The molecule has 1 unspecified atom stereocenters. The van der Waals surface area contributed by atoms with E-state index >= 15 is 0 Å². The molecule has 2 nitrogen and oxygen atoms in total. The van der Waals surface area contributed by atoms with Crippen LogP contribution in [0.2, 0.25) is 0 Å². The van der Waals surface area contributed by atoms with E-state index in [9.17, 15) is 13.0 Å². The van der Waals surface area contributed by atoms with Crippen molar-refractivity contribution >= 4 is 10.8 Å². The number of aryl methyl sites for hydroxylation is 1. The molecule has 0 aliphatic heterocycles. The normalized spacial score (nSPS) is 20.0. The summed E-state index contributed by atoms with van der Waals surface area (Å²) in [4.78, 5) is 0.786. The van der Waals surface area contributed by atoms with Gasteiger partial charge in [0.2, 0.25) is 0 Å². The van der Waals surface area contributed by atoms with E-state index in [1.807, 2.05) is 19.1 Å². The van der Waals surface area contributed by atoms with Crippen LogP contribution >= 0.6 is 0 Å². The molecule has 1 aromatic rings. The number of hydrogen-bond acceptors (Lipinski definition) is 2. The van der Waals surface area contributed by atoms with Gasteiger partial charge in [0, 0.05) is 11.3 Å². The molecule has 2 rings (SSSR count). The van der Waals surface area contributed by atoms with Crippen LogP contribution in [0.1, 0.15) is 38.2 Å². The second kappa shape index (κ2) is 6.69. The van der Waals surface area contributed by atoms with Gasteiger partial charge in [-0.05, 0) is 45.2 Å². The van der Waals surface area contributed by atoms with Gasteiger partial charge in [-0.1, -0.05) is 17.7 Å². The maximum Gasteiger partial charge on any atom is 0.304 e. The highest BCUT2D eigenvalue weighted by molar-refractivity contribution is 7.89. The Kier molecular flexibility index (Phi) is 5.14. The minimum atomic E-state index is -3.03. The second-order valence-electron chi connectivity index (χ2n) is 5.18. The van der Waals surface area contributed by atoms with Crippen molar-refractivity contribution in [1.82, 2.24) is 0 Å². The molecule has 1 aliphatic carbocycles. The van der Waals surface area contributed by atoms with Gasteiger partial charge in [0.05, 0.1) is 22.3 Å². The van der Waals surface area contributed by atoms with Gasteiger partial charge in [0.1, 0.15) is 0 Å².